The summed E-state index contributed by atoms with van der Waals surface area (Å²) in [6.07, 6.45) is 5.84. The van der Waals surface area contributed by atoms with Gasteiger partial charge in [0, 0.05) is 17.4 Å². The first-order chi connectivity index (χ1) is 8.69. The van der Waals surface area contributed by atoms with Crippen molar-refractivity contribution in [2.45, 2.75) is 32.7 Å². The maximum atomic E-state index is 5.76. The van der Waals surface area contributed by atoms with E-state index in [4.69, 9.17) is 5.73 Å². The van der Waals surface area contributed by atoms with E-state index in [-0.39, 0.29) is 0 Å². The number of aromatic nitrogens is 2. The lowest BCUT2D eigenvalue weighted by atomic mass is 10.1. The topological polar surface area (TPSA) is 68.0 Å². The lowest BCUT2D eigenvalue weighted by Gasteiger charge is -2.18. The van der Waals surface area contributed by atoms with E-state index in [1.54, 1.807) is 0 Å². The number of nitrogens with two attached hydrogens (primary N) is 1. The molecule has 0 bridgehead atoms. The lowest BCUT2D eigenvalue weighted by molar-refractivity contribution is -0.388. The minimum Gasteiger partial charge on any atom is -0.399 e. The molecule has 1 atom stereocenters. The molecule has 1 aromatic carbocycles. The minimum absolute atomic E-state index is 0.405. The van der Waals surface area contributed by atoms with Gasteiger partial charge < -0.3 is 11.1 Å². The molecule has 2 aromatic rings. The molecule has 0 amide bonds. The number of imidazole rings is 1. The Morgan fingerprint density at radius 2 is 2.28 bits per heavy atom. The molecular weight excluding hydrogens is 224 g/mol. The van der Waals surface area contributed by atoms with Gasteiger partial charge in [0.25, 0.3) is 5.82 Å². The van der Waals surface area contributed by atoms with Crippen LogP contribution in [-0.4, -0.2) is 11.0 Å². The Morgan fingerprint density at radius 1 is 1.44 bits per heavy atom. The van der Waals surface area contributed by atoms with Crippen molar-refractivity contribution < 1.29 is 4.98 Å². The highest BCUT2D eigenvalue weighted by Gasteiger charge is 2.13. The van der Waals surface area contributed by atoms with E-state index in [1.165, 1.54) is 5.56 Å². The zero-order valence-corrected chi connectivity index (χ0v) is 11.0. The zero-order valence-electron chi connectivity index (χ0n) is 11.0. The molecule has 1 unspecified atom stereocenters. The first kappa shape index (κ1) is 12.5. The summed E-state index contributed by atoms with van der Waals surface area (Å²) in [6.45, 7) is 4.26. The van der Waals surface area contributed by atoms with Crippen LogP contribution in [0.2, 0.25) is 0 Å². The monoisotopic (exact) mass is 245 g/mol. The summed E-state index contributed by atoms with van der Waals surface area (Å²) in [5.41, 5.74) is 8.91. The van der Waals surface area contributed by atoms with Gasteiger partial charge >= 0.3 is 0 Å². The standard InChI is InChI=1S/C14H20N4/c1-3-12(9-14-16-6-7-17-14)18-13-5-4-11(15)8-10(13)2/h4-8,12,18H,3,9,15H2,1-2H3,(H,16,17)/p+1. The van der Waals surface area contributed by atoms with E-state index >= 15 is 0 Å². The zero-order chi connectivity index (χ0) is 13.0. The summed E-state index contributed by atoms with van der Waals surface area (Å²) >= 11 is 0. The van der Waals surface area contributed by atoms with Gasteiger partial charge in [0.15, 0.2) is 0 Å². The largest absolute Gasteiger partial charge is 0.399 e. The molecule has 0 fully saturated rings. The number of H-pyrrole nitrogens is 2. The summed E-state index contributed by atoms with van der Waals surface area (Å²) in [7, 11) is 0. The molecule has 4 nitrogen and oxygen atoms in total. The van der Waals surface area contributed by atoms with Gasteiger partial charge in [-0.25, -0.2) is 9.97 Å². The molecule has 1 heterocycles. The maximum Gasteiger partial charge on any atom is 0.254 e. The average Bonchev–Trinajstić information content (AvgIpc) is 2.84. The molecule has 0 aliphatic carbocycles. The molecule has 0 spiro atoms. The predicted octanol–water partition coefficient (Wildman–Crippen LogP) is 2.15. The molecule has 5 N–H and O–H groups in total. The van der Waals surface area contributed by atoms with E-state index in [1.807, 2.05) is 30.6 Å². The number of nitrogen functional groups attached to an aromatic ring is 1. The van der Waals surface area contributed by atoms with Gasteiger partial charge in [-0.2, -0.15) is 0 Å². The Balaban J connectivity index is 2.05. The van der Waals surface area contributed by atoms with Gasteiger partial charge in [-0.3, -0.25) is 0 Å². The van der Waals surface area contributed by atoms with Gasteiger partial charge in [-0.15, -0.1) is 0 Å². The third kappa shape index (κ3) is 3.03. The van der Waals surface area contributed by atoms with Crippen LogP contribution in [0, 0.1) is 6.92 Å². The summed E-state index contributed by atoms with van der Waals surface area (Å²) in [4.78, 5) is 6.39. The number of hydrogen-bond acceptors (Lipinski definition) is 2. The Bertz CT molecular complexity index is 491. The Hall–Kier alpha value is -1.97. The molecule has 0 saturated heterocycles. The second-order valence-electron chi connectivity index (χ2n) is 4.63. The average molecular weight is 245 g/mol. The van der Waals surface area contributed by atoms with Gasteiger partial charge in [-0.1, -0.05) is 6.92 Å². The fourth-order valence-corrected chi connectivity index (χ4v) is 2.06. The van der Waals surface area contributed by atoms with Crippen molar-refractivity contribution in [3.8, 4) is 0 Å². The first-order valence-corrected chi connectivity index (χ1v) is 6.35. The molecule has 0 aliphatic rings. The van der Waals surface area contributed by atoms with Crippen LogP contribution < -0.4 is 16.0 Å². The van der Waals surface area contributed by atoms with Gasteiger partial charge in [0.2, 0.25) is 0 Å². The molecule has 0 radical (unpaired) electrons. The molecular formula is C14H21N4+. The number of aryl methyl sites for hydroxylation is 1. The second-order valence-corrected chi connectivity index (χ2v) is 4.63. The van der Waals surface area contributed by atoms with E-state index in [0.29, 0.717) is 6.04 Å². The van der Waals surface area contributed by atoms with Crippen LogP contribution in [0.5, 0.6) is 0 Å². The van der Waals surface area contributed by atoms with Crippen molar-refractivity contribution in [3.63, 3.8) is 0 Å². The van der Waals surface area contributed by atoms with Crippen molar-refractivity contribution in [1.29, 1.82) is 0 Å². The van der Waals surface area contributed by atoms with Crippen LogP contribution in [-0.2, 0) is 6.42 Å². The third-order valence-electron chi connectivity index (χ3n) is 3.15. The van der Waals surface area contributed by atoms with E-state index < -0.39 is 0 Å². The minimum atomic E-state index is 0.405. The maximum absolute atomic E-state index is 5.76. The molecule has 0 saturated carbocycles. The quantitative estimate of drug-likeness (QED) is 0.706. The Labute approximate surface area is 108 Å². The highest BCUT2D eigenvalue weighted by Crippen LogP contribution is 2.19. The van der Waals surface area contributed by atoms with Crippen LogP contribution in [0.3, 0.4) is 0 Å². The molecule has 2 rings (SSSR count). The number of benzene rings is 1. The highest BCUT2D eigenvalue weighted by atomic mass is 14.9. The normalized spacial score (nSPS) is 12.3. The second kappa shape index (κ2) is 5.58. The van der Waals surface area contributed by atoms with Gasteiger partial charge in [0.1, 0.15) is 12.4 Å². The molecule has 1 aromatic heterocycles. The van der Waals surface area contributed by atoms with E-state index in [9.17, 15) is 0 Å². The summed E-state index contributed by atoms with van der Waals surface area (Å²) < 4.78 is 0. The smallest absolute Gasteiger partial charge is 0.254 e. The van der Waals surface area contributed by atoms with Crippen LogP contribution in [0.25, 0.3) is 0 Å². The summed E-state index contributed by atoms with van der Waals surface area (Å²) in [5, 5.41) is 3.57. The first-order valence-electron chi connectivity index (χ1n) is 6.35. The third-order valence-corrected chi connectivity index (χ3v) is 3.15. The number of rotatable bonds is 5. The SMILES string of the molecule is CCC(Cc1[nH]cc[nH+]1)Nc1ccc(N)cc1C. The predicted molar refractivity (Wildman–Crippen MR) is 74.3 cm³/mol. The van der Waals surface area contributed by atoms with E-state index in [2.05, 4.69) is 29.1 Å². The molecule has 18 heavy (non-hydrogen) atoms. The van der Waals surface area contributed by atoms with E-state index in [0.717, 1.165) is 30.0 Å². The fourth-order valence-electron chi connectivity index (χ4n) is 2.06. The van der Waals surface area contributed by atoms with Crippen molar-refractivity contribution >= 4 is 11.4 Å². The van der Waals surface area contributed by atoms with Crippen LogP contribution >= 0.6 is 0 Å². The summed E-state index contributed by atoms with van der Waals surface area (Å²) in [5.74, 6) is 1.14. The summed E-state index contributed by atoms with van der Waals surface area (Å²) in [6, 6.07) is 6.38. The lowest BCUT2D eigenvalue weighted by Crippen LogP contribution is -2.25. The van der Waals surface area contributed by atoms with Crippen LogP contribution in [0.15, 0.2) is 30.6 Å². The van der Waals surface area contributed by atoms with Crippen LogP contribution in [0.4, 0.5) is 11.4 Å². The number of anilines is 2. The van der Waals surface area contributed by atoms with Crippen molar-refractivity contribution in [2.75, 3.05) is 11.1 Å². The van der Waals surface area contributed by atoms with Gasteiger partial charge in [0.05, 0.1) is 6.42 Å². The van der Waals surface area contributed by atoms with Crippen LogP contribution in [0.1, 0.15) is 24.7 Å². The van der Waals surface area contributed by atoms with Crippen molar-refractivity contribution in [3.05, 3.63) is 42.0 Å². The number of nitrogens with one attached hydrogen (secondary N) is 3. The highest BCUT2D eigenvalue weighted by molar-refractivity contribution is 5.57. The number of aromatic amines is 2. The van der Waals surface area contributed by atoms with Crippen molar-refractivity contribution in [1.82, 2.24) is 4.98 Å². The molecule has 96 valence electrons. The van der Waals surface area contributed by atoms with Crippen molar-refractivity contribution in [2.24, 2.45) is 0 Å². The van der Waals surface area contributed by atoms with Gasteiger partial charge in [-0.05, 0) is 37.1 Å². The number of hydrogen-bond donors (Lipinski definition) is 3. The fraction of sp³-hybridized carbons (Fsp3) is 0.357. The molecule has 0 aliphatic heterocycles. The molecule has 4 heteroatoms. The Morgan fingerprint density at radius 3 is 2.89 bits per heavy atom. The Kier molecular flexibility index (Phi) is 3.87.